The minimum Gasteiger partial charge on any atom is -0.342 e. The maximum absolute atomic E-state index is 14.2. The van der Waals surface area contributed by atoms with E-state index in [-0.39, 0.29) is 30.2 Å². The zero-order chi connectivity index (χ0) is 26.9. The van der Waals surface area contributed by atoms with Gasteiger partial charge in [-0.2, -0.15) is 5.26 Å². The molecular formula is C30H32N4O3. The van der Waals surface area contributed by atoms with E-state index in [2.05, 4.69) is 17.5 Å². The van der Waals surface area contributed by atoms with E-state index in [0.717, 1.165) is 21.9 Å². The minimum absolute atomic E-state index is 0.235. The van der Waals surface area contributed by atoms with Crippen molar-refractivity contribution in [2.24, 2.45) is 5.92 Å². The average molecular weight is 497 g/mol. The van der Waals surface area contributed by atoms with Crippen LogP contribution < -0.4 is 15.1 Å². The van der Waals surface area contributed by atoms with Crippen LogP contribution in [-0.2, 0) is 20.9 Å². The molecule has 7 heteroatoms. The van der Waals surface area contributed by atoms with Crippen LogP contribution in [0.1, 0.15) is 50.8 Å². The Labute approximate surface area is 217 Å². The normalized spacial score (nSPS) is 18.1. The van der Waals surface area contributed by atoms with Gasteiger partial charge in [0, 0.05) is 12.8 Å². The number of carbonyl (C=O) groups excluding carboxylic acids is 3. The van der Waals surface area contributed by atoms with Crippen LogP contribution in [-0.4, -0.2) is 29.8 Å². The van der Waals surface area contributed by atoms with Gasteiger partial charge in [0.25, 0.3) is 5.91 Å². The molecule has 3 atom stereocenters. The third-order valence-electron chi connectivity index (χ3n) is 7.36. The molecule has 3 amide bonds. The van der Waals surface area contributed by atoms with Crippen LogP contribution in [0.15, 0.2) is 54.6 Å². The Balaban J connectivity index is 1.92. The van der Waals surface area contributed by atoms with Gasteiger partial charge in [0.05, 0.1) is 35.6 Å². The zero-order valence-corrected chi connectivity index (χ0v) is 21.9. The molecule has 0 saturated carbocycles. The topological polar surface area (TPSA) is 93.5 Å². The number of fused-ring (bicyclic) bond motifs is 2. The summed E-state index contributed by atoms with van der Waals surface area (Å²) in [5, 5.41) is 14.6. The zero-order valence-electron chi connectivity index (χ0n) is 21.9. The maximum atomic E-state index is 14.2. The summed E-state index contributed by atoms with van der Waals surface area (Å²) in [5.74, 6) is -1.09. The third kappa shape index (κ3) is 4.79. The van der Waals surface area contributed by atoms with E-state index in [1.54, 1.807) is 30.0 Å². The fourth-order valence-electron chi connectivity index (χ4n) is 4.97. The summed E-state index contributed by atoms with van der Waals surface area (Å²) in [5.41, 5.74) is 3.40. The predicted octanol–water partition coefficient (Wildman–Crippen LogP) is 4.84. The van der Waals surface area contributed by atoms with Crippen molar-refractivity contribution in [3.63, 3.8) is 0 Å². The first kappa shape index (κ1) is 25.9. The van der Waals surface area contributed by atoms with E-state index in [9.17, 15) is 19.6 Å². The van der Waals surface area contributed by atoms with Gasteiger partial charge in [-0.15, -0.1) is 0 Å². The molecule has 0 radical (unpaired) electrons. The monoisotopic (exact) mass is 496 g/mol. The molecule has 0 fully saturated rings. The molecule has 3 aromatic carbocycles. The molecule has 2 unspecified atom stereocenters. The number of nitriles is 1. The van der Waals surface area contributed by atoms with Crippen LogP contribution in [0.5, 0.6) is 0 Å². The first-order valence-corrected chi connectivity index (χ1v) is 12.6. The number of hydrogen-bond donors (Lipinski definition) is 1. The quantitative estimate of drug-likeness (QED) is 0.547. The number of nitrogens with one attached hydrogen (secondary N) is 1. The first-order chi connectivity index (χ1) is 17.7. The highest BCUT2D eigenvalue weighted by Gasteiger charge is 2.41. The highest BCUT2D eigenvalue weighted by atomic mass is 16.2. The Kier molecular flexibility index (Phi) is 7.30. The van der Waals surface area contributed by atoms with Crippen molar-refractivity contribution in [1.82, 2.24) is 5.32 Å². The predicted molar refractivity (Wildman–Crippen MR) is 145 cm³/mol. The molecule has 0 spiro atoms. The number of amides is 3. The maximum Gasteiger partial charge on any atom is 0.252 e. The minimum atomic E-state index is -0.960. The molecule has 1 N–H and O–H groups in total. The summed E-state index contributed by atoms with van der Waals surface area (Å²) in [7, 11) is 0. The van der Waals surface area contributed by atoms with Gasteiger partial charge >= 0.3 is 0 Å². The van der Waals surface area contributed by atoms with Crippen molar-refractivity contribution in [2.75, 3.05) is 9.80 Å². The van der Waals surface area contributed by atoms with E-state index in [0.29, 0.717) is 23.4 Å². The lowest BCUT2D eigenvalue weighted by molar-refractivity contribution is -0.130. The average Bonchev–Trinajstić information content (AvgIpc) is 2.97. The van der Waals surface area contributed by atoms with Crippen molar-refractivity contribution in [3.8, 4) is 6.07 Å². The summed E-state index contributed by atoms with van der Waals surface area (Å²) in [6.07, 6.45) is 0.627. The van der Waals surface area contributed by atoms with Crippen molar-refractivity contribution < 1.29 is 14.4 Å². The summed E-state index contributed by atoms with van der Waals surface area (Å²) in [6, 6.07) is 17.6. The number of rotatable bonds is 5. The van der Waals surface area contributed by atoms with Gasteiger partial charge in [0.2, 0.25) is 11.8 Å². The number of nitrogens with zero attached hydrogens (tertiary/aromatic N) is 3. The molecule has 1 heterocycles. The van der Waals surface area contributed by atoms with Crippen LogP contribution in [0.3, 0.4) is 0 Å². The van der Waals surface area contributed by atoms with Gasteiger partial charge in [-0.3, -0.25) is 14.4 Å². The molecule has 0 aromatic heterocycles. The first-order valence-electron chi connectivity index (χ1n) is 12.6. The number of anilines is 2. The van der Waals surface area contributed by atoms with Crippen LogP contribution in [0.25, 0.3) is 10.8 Å². The van der Waals surface area contributed by atoms with Gasteiger partial charge in [-0.1, -0.05) is 50.2 Å². The lowest BCUT2D eigenvalue weighted by Gasteiger charge is -2.32. The molecule has 0 aliphatic carbocycles. The van der Waals surface area contributed by atoms with E-state index in [1.807, 2.05) is 51.1 Å². The molecular weight excluding hydrogens is 464 g/mol. The second kappa shape index (κ2) is 10.4. The molecule has 190 valence electrons. The number of aryl methyl sites for hydroxylation is 1. The standard InChI is InChI=1S/C30H32N4O3/c1-6-18(2)29(36)32-28-20(4)34(21(5)35)27-15-22(16-31)12-14-26(27)33(30(28)37)17-25-19(3)11-13-23-9-7-8-10-24(23)25/h7-15,18,20,28H,6,17H2,1-5H3,(H,32,36)/t18?,20-,28?/m0/s1. The Hall–Kier alpha value is -4.18. The largest absolute Gasteiger partial charge is 0.342 e. The van der Waals surface area contributed by atoms with E-state index < -0.39 is 12.1 Å². The molecule has 3 aromatic rings. The Morgan fingerprint density at radius 2 is 1.84 bits per heavy atom. The van der Waals surface area contributed by atoms with Crippen molar-refractivity contribution in [2.45, 2.75) is 59.7 Å². The van der Waals surface area contributed by atoms with E-state index in [1.165, 1.54) is 11.8 Å². The third-order valence-corrected chi connectivity index (χ3v) is 7.36. The lowest BCUT2D eigenvalue weighted by Crippen LogP contribution is -2.58. The highest BCUT2D eigenvalue weighted by molar-refractivity contribution is 6.09. The summed E-state index contributed by atoms with van der Waals surface area (Å²) >= 11 is 0. The lowest BCUT2D eigenvalue weighted by atomic mass is 9.98. The number of hydrogen-bond acceptors (Lipinski definition) is 4. The van der Waals surface area contributed by atoms with Gasteiger partial charge in [-0.25, -0.2) is 0 Å². The SMILES string of the molecule is CCC(C)C(=O)NC1C(=O)N(Cc2c(C)ccc3ccccc23)c2ccc(C#N)cc2N(C(C)=O)[C@H]1C. The van der Waals surface area contributed by atoms with Crippen LogP contribution in [0.2, 0.25) is 0 Å². The molecule has 4 rings (SSSR count). The second-order valence-corrected chi connectivity index (χ2v) is 9.75. The fourth-order valence-corrected chi connectivity index (χ4v) is 4.97. The fraction of sp³-hybridized carbons (Fsp3) is 0.333. The van der Waals surface area contributed by atoms with Crippen LogP contribution in [0.4, 0.5) is 11.4 Å². The van der Waals surface area contributed by atoms with Crippen molar-refractivity contribution >= 4 is 39.9 Å². The summed E-state index contributed by atoms with van der Waals surface area (Å²) < 4.78 is 0. The summed E-state index contributed by atoms with van der Waals surface area (Å²) in [6.45, 7) is 9.18. The molecule has 37 heavy (non-hydrogen) atoms. The van der Waals surface area contributed by atoms with Gasteiger partial charge < -0.3 is 15.1 Å². The summed E-state index contributed by atoms with van der Waals surface area (Å²) in [4.78, 5) is 43.3. The van der Waals surface area contributed by atoms with E-state index in [4.69, 9.17) is 0 Å². The molecule has 1 aliphatic heterocycles. The van der Waals surface area contributed by atoms with Crippen LogP contribution in [0, 0.1) is 24.2 Å². The van der Waals surface area contributed by atoms with Gasteiger partial charge in [0.15, 0.2) is 0 Å². The Morgan fingerprint density at radius 1 is 1.11 bits per heavy atom. The smallest absolute Gasteiger partial charge is 0.252 e. The molecule has 0 saturated heterocycles. The number of benzene rings is 3. The van der Waals surface area contributed by atoms with Crippen molar-refractivity contribution in [3.05, 3.63) is 71.3 Å². The number of carbonyl (C=O) groups is 3. The second-order valence-electron chi connectivity index (χ2n) is 9.75. The van der Waals surface area contributed by atoms with Crippen LogP contribution >= 0.6 is 0 Å². The van der Waals surface area contributed by atoms with E-state index >= 15 is 0 Å². The van der Waals surface area contributed by atoms with Gasteiger partial charge in [-0.05, 0) is 60.4 Å². The molecule has 0 bridgehead atoms. The highest BCUT2D eigenvalue weighted by Crippen LogP contribution is 2.38. The van der Waals surface area contributed by atoms with Crippen molar-refractivity contribution in [1.29, 1.82) is 5.26 Å². The Morgan fingerprint density at radius 3 is 2.51 bits per heavy atom. The molecule has 1 aliphatic rings. The van der Waals surface area contributed by atoms with Gasteiger partial charge in [0.1, 0.15) is 6.04 Å². The Bertz CT molecular complexity index is 1420. The molecule has 7 nitrogen and oxygen atoms in total.